The van der Waals surface area contributed by atoms with Crippen LogP contribution in [-0.4, -0.2) is 42.8 Å². The van der Waals surface area contributed by atoms with Crippen LogP contribution < -0.4 is 5.73 Å². The van der Waals surface area contributed by atoms with Crippen LogP contribution in [0.15, 0.2) is 140 Å². The number of nitrogens with zero attached hydrogens (tertiary/aromatic N) is 2. The van der Waals surface area contributed by atoms with Crippen LogP contribution in [0.2, 0.25) is 0 Å². The van der Waals surface area contributed by atoms with Crippen LogP contribution in [-0.2, 0) is 10.5 Å². The molecule has 7 nitrogen and oxygen atoms in total. The van der Waals surface area contributed by atoms with Gasteiger partial charge in [0.15, 0.2) is 0 Å². The van der Waals surface area contributed by atoms with Crippen LogP contribution in [0.25, 0.3) is 90.9 Å². The van der Waals surface area contributed by atoms with E-state index in [4.69, 9.17) is 15.7 Å². The Balaban J connectivity index is 1.46. The van der Waals surface area contributed by atoms with E-state index in [0.29, 0.717) is 5.75 Å². The Kier molecular flexibility index (Phi) is 9.49. The van der Waals surface area contributed by atoms with Crippen molar-refractivity contribution in [3.8, 4) is 44.5 Å². The third-order valence-corrected chi connectivity index (χ3v) is 11.2. The second kappa shape index (κ2) is 15.2. The number of fused-ring (bicyclic) bond motifs is 8. The number of carboxylic acids is 1. The number of rotatable bonds is 9. The number of H-pyrrole nitrogens is 2. The van der Waals surface area contributed by atoms with Crippen LogP contribution in [0, 0.1) is 0 Å². The van der Waals surface area contributed by atoms with Crippen molar-refractivity contribution in [3.63, 3.8) is 0 Å². The number of nitrogens with one attached hydrogen (secondary N) is 2. The van der Waals surface area contributed by atoms with Crippen molar-refractivity contribution < 1.29 is 9.90 Å². The van der Waals surface area contributed by atoms with E-state index in [-0.39, 0.29) is 5.75 Å². The quantitative estimate of drug-likeness (QED) is 0.117. The van der Waals surface area contributed by atoms with Gasteiger partial charge in [-0.15, -0.1) is 0 Å². The lowest BCUT2D eigenvalue weighted by Gasteiger charge is -2.08. The summed E-state index contributed by atoms with van der Waals surface area (Å²) >= 11 is 1.50. The number of aromatic nitrogens is 4. The molecule has 8 bridgehead atoms. The Morgan fingerprint density at radius 3 is 1.38 bits per heavy atom. The minimum absolute atomic E-state index is 0.267. The Labute approximate surface area is 328 Å². The van der Waals surface area contributed by atoms with E-state index in [1.807, 2.05) is 48.5 Å². The standard InChI is InChI=1S/C48H37N5O2S/c49-35(48(54)55)29-56-28-34-27-42-45(32-17-9-3-10-18-32)40-24-23-38(51-40)43(30-13-5-1-6-14-30)36-21-22-37(50-36)44(31-15-7-2-8-16-31)39-25-26-41(52-39)46(47(34)53-42)33-19-11-4-12-20-33/h1-27,35,50,53H,28-29,49H2,(H,54,55)/t35-/m0/s1. The molecule has 272 valence electrons. The lowest BCUT2D eigenvalue weighted by Crippen LogP contribution is -2.32. The number of carboxylic acid groups (broad SMARTS) is 1. The molecule has 0 amide bonds. The molecule has 2 aliphatic rings. The van der Waals surface area contributed by atoms with Crippen LogP contribution in [0.5, 0.6) is 0 Å². The van der Waals surface area contributed by atoms with Gasteiger partial charge < -0.3 is 20.8 Å². The zero-order valence-electron chi connectivity index (χ0n) is 30.3. The molecule has 0 saturated carbocycles. The van der Waals surface area contributed by atoms with Crippen molar-refractivity contribution in [3.05, 3.63) is 168 Å². The van der Waals surface area contributed by atoms with Crippen LogP contribution in [0.4, 0.5) is 0 Å². The maximum Gasteiger partial charge on any atom is 0.321 e. The first-order chi connectivity index (χ1) is 27.5. The van der Waals surface area contributed by atoms with Gasteiger partial charge in [-0.05, 0) is 70.3 Å². The molecule has 7 aromatic rings. The number of benzene rings is 4. The van der Waals surface area contributed by atoms with Crippen molar-refractivity contribution in [2.75, 3.05) is 5.75 Å². The minimum Gasteiger partial charge on any atom is -0.480 e. The number of hydrogen-bond acceptors (Lipinski definition) is 5. The van der Waals surface area contributed by atoms with Crippen molar-refractivity contribution in [1.29, 1.82) is 0 Å². The fourth-order valence-corrected chi connectivity index (χ4v) is 8.43. The Bertz CT molecular complexity index is 2810. The van der Waals surface area contributed by atoms with Gasteiger partial charge in [0, 0.05) is 50.3 Å². The van der Waals surface area contributed by atoms with Gasteiger partial charge in [-0.1, -0.05) is 121 Å². The molecule has 2 aliphatic heterocycles. The van der Waals surface area contributed by atoms with Crippen LogP contribution >= 0.6 is 11.8 Å². The SMILES string of the molecule is N[C@@H](CSCc1cc2[nH]c1c(-c1ccccc1)c1nc(c(-c3ccccc3)c3ccc([nH]3)c(-c3ccccc3)c3nc(c2-c2ccccc2)C=C3)C=C1)C(=O)O. The van der Waals surface area contributed by atoms with E-state index >= 15 is 0 Å². The second-order valence-corrected chi connectivity index (χ2v) is 14.8. The molecule has 56 heavy (non-hydrogen) atoms. The van der Waals surface area contributed by atoms with Gasteiger partial charge in [-0.25, -0.2) is 9.97 Å². The fourth-order valence-electron chi connectivity index (χ4n) is 7.47. The Morgan fingerprint density at radius 1 is 0.554 bits per heavy atom. The molecule has 0 fully saturated rings. The van der Waals surface area contributed by atoms with Gasteiger partial charge in [-0.2, -0.15) is 11.8 Å². The molecule has 9 rings (SSSR count). The number of aliphatic carboxylic acids is 1. The number of nitrogens with two attached hydrogens (primary N) is 1. The first-order valence-corrected chi connectivity index (χ1v) is 19.6. The van der Waals surface area contributed by atoms with Crippen molar-refractivity contribution >= 4 is 64.1 Å². The van der Waals surface area contributed by atoms with Crippen molar-refractivity contribution in [1.82, 2.24) is 19.9 Å². The summed E-state index contributed by atoms with van der Waals surface area (Å²) in [4.78, 5) is 30.2. The molecular weight excluding hydrogens is 711 g/mol. The summed E-state index contributed by atoms with van der Waals surface area (Å²) in [7, 11) is 0. The number of thioether (sulfide) groups is 1. The minimum atomic E-state index is -1.01. The van der Waals surface area contributed by atoms with Crippen molar-refractivity contribution in [2.24, 2.45) is 5.73 Å². The normalized spacial score (nSPS) is 12.5. The summed E-state index contributed by atoms with van der Waals surface area (Å²) in [6, 6.07) is 46.8. The zero-order chi connectivity index (χ0) is 38.0. The van der Waals surface area contributed by atoms with Gasteiger partial charge in [0.2, 0.25) is 0 Å². The molecule has 5 N–H and O–H groups in total. The summed E-state index contributed by atoms with van der Waals surface area (Å²) in [5.74, 6) is -0.223. The molecule has 0 saturated heterocycles. The molecule has 0 radical (unpaired) electrons. The van der Waals surface area contributed by atoms with Gasteiger partial charge in [0.05, 0.1) is 28.3 Å². The second-order valence-electron chi connectivity index (χ2n) is 13.7. The molecule has 0 aliphatic carbocycles. The highest BCUT2D eigenvalue weighted by atomic mass is 32.2. The van der Waals surface area contributed by atoms with E-state index in [0.717, 1.165) is 94.9 Å². The van der Waals surface area contributed by atoms with Crippen molar-refractivity contribution in [2.45, 2.75) is 11.8 Å². The number of carbonyl (C=O) groups is 1. The molecule has 0 spiro atoms. The molecular formula is C48H37N5O2S. The van der Waals surface area contributed by atoms with E-state index in [1.165, 1.54) is 11.8 Å². The molecule has 1 atom stereocenters. The highest BCUT2D eigenvalue weighted by Gasteiger charge is 2.21. The summed E-state index contributed by atoms with van der Waals surface area (Å²) in [5.41, 5.74) is 22.0. The van der Waals surface area contributed by atoms with E-state index in [9.17, 15) is 9.90 Å². The largest absolute Gasteiger partial charge is 0.480 e. The lowest BCUT2D eigenvalue weighted by atomic mass is 10.0. The first kappa shape index (κ1) is 35.0. The Morgan fingerprint density at radius 2 is 0.946 bits per heavy atom. The van der Waals surface area contributed by atoms with E-state index < -0.39 is 12.0 Å². The summed E-state index contributed by atoms with van der Waals surface area (Å²) in [6.45, 7) is 0. The lowest BCUT2D eigenvalue weighted by molar-refractivity contribution is -0.137. The average molecular weight is 748 g/mol. The fraction of sp³-hybridized carbons (Fsp3) is 0.0625. The predicted molar refractivity (Wildman–Crippen MR) is 232 cm³/mol. The third kappa shape index (κ3) is 6.77. The molecule has 8 heteroatoms. The molecule has 3 aromatic heterocycles. The van der Waals surface area contributed by atoms with Gasteiger partial charge in [-0.3, -0.25) is 4.79 Å². The van der Waals surface area contributed by atoms with Crippen LogP contribution in [0.3, 0.4) is 0 Å². The monoisotopic (exact) mass is 747 g/mol. The topological polar surface area (TPSA) is 121 Å². The van der Waals surface area contributed by atoms with Crippen LogP contribution in [0.1, 0.15) is 28.3 Å². The maximum atomic E-state index is 11.7. The smallest absolute Gasteiger partial charge is 0.321 e. The third-order valence-electron chi connectivity index (χ3n) is 10.1. The average Bonchev–Trinajstić information content (AvgIpc) is 4.07. The maximum absolute atomic E-state index is 11.7. The Hall–Kier alpha value is -6.74. The molecule has 5 heterocycles. The first-order valence-electron chi connectivity index (χ1n) is 18.5. The number of hydrogen-bond donors (Lipinski definition) is 4. The molecule has 0 unspecified atom stereocenters. The predicted octanol–water partition coefficient (Wildman–Crippen LogP) is 11.0. The highest BCUT2D eigenvalue weighted by molar-refractivity contribution is 7.98. The summed E-state index contributed by atoms with van der Waals surface area (Å²) < 4.78 is 0. The molecule has 4 aromatic carbocycles. The number of aromatic amines is 2. The zero-order valence-corrected chi connectivity index (χ0v) is 31.1. The highest BCUT2D eigenvalue weighted by Crippen LogP contribution is 2.40. The van der Waals surface area contributed by atoms with Gasteiger partial charge in [0.1, 0.15) is 6.04 Å². The summed E-state index contributed by atoms with van der Waals surface area (Å²) in [6.07, 6.45) is 8.38. The van der Waals surface area contributed by atoms with Gasteiger partial charge in [0.25, 0.3) is 0 Å². The van der Waals surface area contributed by atoms with E-state index in [1.54, 1.807) is 0 Å². The van der Waals surface area contributed by atoms with Gasteiger partial charge >= 0.3 is 5.97 Å². The summed E-state index contributed by atoms with van der Waals surface area (Å²) in [5, 5.41) is 9.57. The van der Waals surface area contributed by atoms with E-state index in [2.05, 4.69) is 125 Å².